The first kappa shape index (κ1) is 12.8. The molecule has 5 heteroatoms. The first-order chi connectivity index (χ1) is 8.69. The van der Waals surface area contributed by atoms with Crippen molar-refractivity contribution < 1.29 is 4.39 Å². The molecule has 0 aliphatic heterocycles. The molecule has 2 rings (SSSR count). The maximum atomic E-state index is 12.8. The van der Waals surface area contributed by atoms with Crippen LogP contribution in [0, 0.1) is 5.82 Å². The van der Waals surface area contributed by atoms with Crippen LogP contribution in [0.2, 0.25) is 0 Å². The van der Waals surface area contributed by atoms with Crippen molar-refractivity contribution in [3.8, 4) is 0 Å². The molecule has 0 saturated carbocycles. The fraction of sp³-hybridized carbons (Fsp3) is 0.231. The molecular formula is C13H13ClFN3. The first-order valence-corrected chi connectivity index (χ1v) is 6.06. The Morgan fingerprint density at radius 2 is 1.83 bits per heavy atom. The molecule has 0 saturated heterocycles. The third kappa shape index (κ3) is 3.17. The number of rotatable bonds is 4. The number of alkyl halides is 1. The fourth-order valence-corrected chi connectivity index (χ4v) is 1.71. The highest BCUT2D eigenvalue weighted by molar-refractivity contribution is 6.16. The van der Waals surface area contributed by atoms with E-state index in [-0.39, 0.29) is 5.82 Å². The van der Waals surface area contributed by atoms with Gasteiger partial charge in [-0.15, -0.1) is 16.7 Å². The molecule has 1 aromatic heterocycles. The normalized spacial score (nSPS) is 10.4. The van der Waals surface area contributed by atoms with Crippen LogP contribution in [0.4, 0.5) is 10.2 Å². The minimum Gasteiger partial charge on any atom is -0.354 e. The molecule has 0 unspecified atom stereocenters. The van der Waals surface area contributed by atoms with Gasteiger partial charge in [-0.05, 0) is 29.8 Å². The Morgan fingerprint density at radius 3 is 2.39 bits per heavy atom. The van der Waals surface area contributed by atoms with E-state index < -0.39 is 0 Å². The monoisotopic (exact) mass is 265 g/mol. The summed E-state index contributed by atoms with van der Waals surface area (Å²) in [6.45, 7) is 0.648. The lowest BCUT2D eigenvalue weighted by Gasteiger charge is -2.17. The Labute approximate surface area is 110 Å². The van der Waals surface area contributed by atoms with Crippen LogP contribution in [0.1, 0.15) is 11.3 Å². The van der Waals surface area contributed by atoms with Gasteiger partial charge in [0.1, 0.15) is 5.82 Å². The number of halogens is 2. The average molecular weight is 266 g/mol. The Hall–Kier alpha value is -1.68. The lowest BCUT2D eigenvalue weighted by molar-refractivity contribution is 0.627. The van der Waals surface area contributed by atoms with Gasteiger partial charge in [-0.3, -0.25) is 0 Å². The predicted octanol–water partition coefficient (Wildman–Crippen LogP) is 2.99. The second kappa shape index (κ2) is 5.78. The topological polar surface area (TPSA) is 29.0 Å². The van der Waals surface area contributed by atoms with Gasteiger partial charge in [0, 0.05) is 13.6 Å². The molecule has 0 aliphatic carbocycles. The lowest BCUT2D eigenvalue weighted by atomic mass is 10.2. The van der Waals surface area contributed by atoms with E-state index in [4.69, 9.17) is 11.6 Å². The summed E-state index contributed by atoms with van der Waals surface area (Å²) in [6, 6.07) is 10.1. The second-order valence-corrected chi connectivity index (χ2v) is 4.27. The van der Waals surface area contributed by atoms with E-state index in [2.05, 4.69) is 10.2 Å². The fourth-order valence-electron chi connectivity index (χ4n) is 1.57. The summed E-state index contributed by atoms with van der Waals surface area (Å²) in [7, 11) is 1.91. The van der Waals surface area contributed by atoms with E-state index in [1.165, 1.54) is 12.1 Å². The van der Waals surface area contributed by atoms with Crippen molar-refractivity contribution in [2.24, 2.45) is 0 Å². The Morgan fingerprint density at radius 1 is 1.11 bits per heavy atom. The zero-order valence-corrected chi connectivity index (χ0v) is 10.7. The summed E-state index contributed by atoms with van der Waals surface area (Å²) in [5.41, 5.74) is 1.76. The highest BCUT2D eigenvalue weighted by Crippen LogP contribution is 2.13. The summed E-state index contributed by atoms with van der Waals surface area (Å²) in [4.78, 5) is 1.94. The highest BCUT2D eigenvalue weighted by atomic mass is 35.5. The largest absolute Gasteiger partial charge is 0.354 e. The third-order valence-corrected chi connectivity index (χ3v) is 2.84. The van der Waals surface area contributed by atoms with Gasteiger partial charge in [-0.25, -0.2) is 4.39 Å². The maximum absolute atomic E-state index is 12.8. The summed E-state index contributed by atoms with van der Waals surface area (Å²) in [5, 5.41) is 8.07. The van der Waals surface area contributed by atoms with E-state index in [0.29, 0.717) is 12.4 Å². The minimum absolute atomic E-state index is 0.229. The van der Waals surface area contributed by atoms with Crippen LogP contribution < -0.4 is 4.90 Å². The Bertz CT molecular complexity index is 499. The molecule has 0 bridgehead atoms. The number of anilines is 1. The van der Waals surface area contributed by atoms with Crippen molar-refractivity contribution >= 4 is 17.4 Å². The van der Waals surface area contributed by atoms with Crippen LogP contribution in [-0.4, -0.2) is 17.2 Å². The van der Waals surface area contributed by atoms with Crippen LogP contribution in [-0.2, 0) is 12.4 Å². The van der Waals surface area contributed by atoms with Gasteiger partial charge in [-0.2, -0.15) is 5.10 Å². The van der Waals surface area contributed by atoms with Crippen molar-refractivity contribution in [3.05, 3.63) is 53.5 Å². The van der Waals surface area contributed by atoms with Gasteiger partial charge in [0.2, 0.25) is 0 Å². The molecule has 94 valence electrons. The van der Waals surface area contributed by atoms with Gasteiger partial charge >= 0.3 is 0 Å². The molecule has 0 atom stereocenters. The molecule has 0 fully saturated rings. The lowest BCUT2D eigenvalue weighted by Crippen LogP contribution is -2.18. The van der Waals surface area contributed by atoms with E-state index in [9.17, 15) is 4.39 Å². The molecule has 0 radical (unpaired) electrons. The van der Waals surface area contributed by atoms with Crippen molar-refractivity contribution in [1.82, 2.24) is 10.2 Å². The summed E-state index contributed by atoms with van der Waals surface area (Å²) < 4.78 is 12.8. The quantitative estimate of drug-likeness (QED) is 0.796. The molecule has 0 spiro atoms. The molecule has 18 heavy (non-hydrogen) atoms. The average Bonchev–Trinajstić information content (AvgIpc) is 2.41. The molecule has 1 aromatic carbocycles. The Kier molecular flexibility index (Phi) is 4.10. The van der Waals surface area contributed by atoms with Crippen molar-refractivity contribution in [1.29, 1.82) is 0 Å². The predicted molar refractivity (Wildman–Crippen MR) is 70.1 cm³/mol. The van der Waals surface area contributed by atoms with E-state index in [1.54, 1.807) is 12.1 Å². The number of nitrogens with zero attached hydrogens (tertiary/aromatic N) is 3. The van der Waals surface area contributed by atoms with Gasteiger partial charge in [0.15, 0.2) is 5.82 Å². The van der Waals surface area contributed by atoms with Crippen LogP contribution in [0.5, 0.6) is 0 Å². The zero-order chi connectivity index (χ0) is 13.0. The standard InChI is InChI=1S/C13H13ClFN3/c1-18(9-10-2-4-11(15)5-3-10)13-7-6-12(8-14)16-17-13/h2-7H,8-9H2,1H3. The Balaban J connectivity index is 2.06. The first-order valence-electron chi connectivity index (χ1n) is 5.53. The summed E-state index contributed by atoms with van der Waals surface area (Å²) in [5.74, 6) is 0.885. The second-order valence-electron chi connectivity index (χ2n) is 4.00. The van der Waals surface area contributed by atoms with Crippen LogP contribution in [0.25, 0.3) is 0 Å². The van der Waals surface area contributed by atoms with Crippen LogP contribution in [0.3, 0.4) is 0 Å². The van der Waals surface area contributed by atoms with Gasteiger partial charge in [0.05, 0.1) is 11.6 Å². The number of aromatic nitrogens is 2. The maximum Gasteiger partial charge on any atom is 0.151 e. The third-order valence-electron chi connectivity index (χ3n) is 2.57. The SMILES string of the molecule is CN(Cc1ccc(F)cc1)c1ccc(CCl)nn1. The van der Waals surface area contributed by atoms with E-state index in [0.717, 1.165) is 17.1 Å². The summed E-state index contributed by atoms with van der Waals surface area (Å²) >= 11 is 5.65. The number of hydrogen-bond donors (Lipinski definition) is 0. The van der Waals surface area contributed by atoms with Crippen LogP contribution in [0.15, 0.2) is 36.4 Å². The molecule has 3 nitrogen and oxygen atoms in total. The molecule has 1 heterocycles. The van der Waals surface area contributed by atoms with Crippen LogP contribution >= 0.6 is 11.6 Å². The molecular weight excluding hydrogens is 253 g/mol. The van der Waals surface area contributed by atoms with E-state index >= 15 is 0 Å². The molecule has 0 amide bonds. The summed E-state index contributed by atoms with van der Waals surface area (Å²) in [6.07, 6.45) is 0. The smallest absolute Gasteiger partial charge is 0.151 e. The highest BCUT2D eigenvalue weighted by Gasteiger charge is 2.04. The number of benzene rings is 1. The van der Waals surface area contributed by atoms with Gasteiger partial charge in [0.25, 0.3) is 0 Å². The number of hydrogen-bond acceptors (Lipinski definition) is 3. The minimum atomic E-state index is -0.229. The van der Waals surface area contributed by atoms with Crippen molar-refractivity contribution in [3.63, 3.8) is 0 Å². The van der Waals surface area contributed by atoms with Gasteiger partial charge in [-0.1, -0.05) is 12.1 Å². The van der Waals surface area contributed by atoms with E-state index in [1.807, 2.05) is 24.1 Å². The van der Waals surface area contributed by atoms with Crippen molar-refractivity contribution in [2.45, 2.75) is 12.4 Å². The van der Waals surface area contributed by atoms with Crippen molar-refractivity contribution in [2.75, 3.05) is 11.9 Å². The zero-order valence-electron chi connectivity index (χ0n) is 9.98. The van der Waals surface area contributed by atoms with Gasteiger partial charge < -0.3 is 4.90 Å². The molecule has 0 aliphatic rings. The molecule has 0 N–H and O–H groups in total. The molecule has 2 aromatic rings.